The van der Waals surface area contributed by atoms with Crippen molar-refractivity contribution < 1.29 is 14.6 Å². The lowest BCUT2D eigenvalue weighted by Crippen LogP contribution is -2.37. The van der Waals surface area contributed by atoms with Crippen molar-refractivity contribution >= 4 is 0 Å². The van der Waals surface area contributed by atoms with Gasteiger partial charge in [0.2, 0.25) is 0 Å². The number of likely N-dealkylation sites (N-methyl/N-ethyl adjacent to an activating group) is 1. The van der Waals surface area contributed by atoms with Gasteiger partial charge in [-0.25, -0.2) is 0 Å². The summed E-state index contributed by atoms with van der Waals surface area (Å²) in [7, 11) is 1.94. The van der Waals surface area contributed by atoms with Gasteiger partial charge < -0.3 is 14.6 Å². The Bertz CT molecular complexity index is 305. The highest BCUT2D eigenvalue weighted by Gasteiger charge is 2.14. The molecule has 0 heterocycles. The van der Waals surface area contributed by atoms with Crippen LogP contribution < -0.4 is 0 Å². The molecule has 18 heavy (non-hydrogen) atoms. The van der Waals surface area contributed by atoms with Crippen LogP contribution in [0.15, 0.2) is 30.3 Å². The van der Waals surface area contributed by atoms with E-state index in [2.05, 4.69) is 12.1 Å². The van der Waals surface area contributed by atoms with Crippen molar-refractivity contribution in [1.29, 1.82) is 0 Å². The summed E-state index contributed by atoms with van der Waals surface area (Å²) < 4.78 is 10.8. The minimum Gasteiger partial charge on any atom is -0.392 e. The summed E-state index contributed by atoms with van der Waals surface area (Å²) >= 11 is 0. The number of rotatable bonds is 9. The molecule has 0 amide bonds. The largest absolute Gasteiger partial charge is 0.392 e. The molecule has 0 bridgehead atoms. The summed E-state index contributed by atoms with van der Waals surface area (Å²) in [4.78, 5) is 1.99. The van der Waals surface area contributed by atoms with Gasteiger partial charge in [0.1, 0.15) is 6.23 Å². The van der Waals surface area contributed by atoms with E-state index in [4.69, 9.17) is 9.47 Å². The first-order chi connectivity index (χ1) is 8.77. The molecule has 0 saturated heterocycles. The van der Waals surface area contributed by atoms with E-state index in [0.29, 0.717) is 19.8 Å². The Morgan fingerprint density at radius 2 is 1.94 bits per heavy atom. The molecule has 0 aliphatic rings. The monoisotopic (exact) mass is 253 g/mol. The van der Waals surface area contributed by atoms with E-state index in [1.54, 1.807) is 0 Å². The fraction of sp³-hybridized carbons (Fsp3) is 0.571. The van der Waals surface area contributed by atoms with Crippen molar-refractivity contribution in [3.05, 3.63) is 35.9 Å². The minimum atomic E-state index is -0.286. The van der Waals surface area contributed by atoms with E-state index in [1.165, 1.54) is 5.56 Å². The lowest BCUT2D eigenvalue weighted by atomic mass is 10.2. The second-order valence-corrected chi connectivity index (χ2v) is 4.11. The van der Waals surface area contributed by atoms with Gasteiger partial charge in [-0.2, -0.15) is 0 Å². The normalized spacial score (nSPS) is 12.9. The molecule has 0 aliphatic carbocycles. The van der Waals surface area contributed by atoms with E-state index < -0.39 is 0 Å². The molecule has 0 aromatic heterocycles. The third-order valence-electron chi connectivity index (χ3n) is 2.66. The predicted molar refractivity (Wildman–Crippen MR) is 71.2 cm³/mol. The molecule has 1 aromatic carbocycles. The summed E-state index contributed by atoms with van der Waals surface area (Å²) in [5.74, 6) is 0. The number of hydrogen-bond donors (Lipinski definition) is 1. The van der Waals surface area contributed by atoms with Crippen molar-refractivity contribution in [2.75, 3.05) is 33.5 Å². The van der Waals surface area contributed by atoms with E-state index in [0.717, 1.165) is 6.54 Å². The zero-order valence-electron chi connectivity index (χ0n) is 11.2. The van der Waals surface area contributed by atoms with E-state index in [9.17, 15) is 5.11 Å². The van der Waals surface area contributed by atoms with Crippen molar-refractivity contribution in [2.24, 2.45) is 0 Å². The Kier molecular flexibility index (Phi) is 7.60. The maximum absolute atomic E-state index is 9.32. The van der Waals surface area contributed by atoms with Gasteiger partial charge in [0.25, 0.3) is 0 Å². The summed E-state index contributed by atoms with van der Waals surface area (Å²) in [6.07, 6.45) is -0.286. The van der Waals surface area contributed by atoms with Gasteiger partial charge in [0, 0.05) is 13.2 Å². The van der Waals surface area contributed by atoms with Crippen LogP contribution in [0.2, 0.25) is 0 Å². The average Bonchev–Trinajstić information content (AvgIpc) is 2.40. The van der Waals surface area contributed by atoms with Crippen molar-refractivity contribution in [1.82, 2.24) is 4.90 Å². The summed E-state index contributed by atoms with van der Waals surface area (Å²) in [5.41, 5.74) is 1.20. The van der Waals surface area contributed by atoms with Crippen LogP contribution in [0.4, 0.5) is 0 Å². The lowest BCUT2D eigenvalue weighted by molar-refractivity contribution is -0.0930. The smallest absolute Gasteiger partial charge is 0.134 e. The number of hydrogen-bond acceptors (Lipinski definition) is 4. The maximum atomic E-state index is 9.32. The fourth-order valence-electron chi connectivity index (χ4n) is 1.68. The number of ether oxygens (including phenoxy) is 2. The number of aliphatic hydroxyl groups excluding tert-OH is 1. The molecule has 0 fully saturated rings. The van der Waals surface area contributed by atoms with Crippen LogP contribution in [-0.2, 0) is 16.0 Å². The lowest BCUT2D eigenvalue weighted by Gasteiger charge is -2.26. The van der Waals surface area contributed by atoms with E-state index in [1.807, 2.05) is 37.1 Å². The number of aliphatic hydroxyl groups is 1. The van der Waals surface area contributed by atoms with Gasteiger partial charge in [-0.1, -0.05) is 30.3 Å². The molecule has 1 aromatic rings. The van der Waals surface area contributed by atoms with Crippen molar-refractivity contribution in [3.63, 3.8) is 0 Å². The number of nitrogens with zero attached hydrogens (tertiary/aromatic N) is 1. The van der Waals surface area contributed by atoms with Crippen molar-refractivity contribution in [2.45, 2.75) is 19.7 Å². The van der Waals surface area contributed by atoms with Gasteiger partial charge in [-0.05, 0) is 19.5 Å². The first-order valence-electron chi connectivity index (χ1n) is 6.32. The number of benzene rings is 1. The predicted octanol–water partition coefficient (Wildman–Crippen LogP) is 1.49. The molecule has 1 N–H and O–H groups in total. The topological polar surface area (TPSA) is 41.9 Å². The van der Waals surface area contributed by atoms with Crippen LogP contribution in [-0.4, -0.2) is 49.7 Å². The van der Waals surface area contributed by atoms with Crippen LogP contribution in [0.25, 0.3) is 0 Å². The Balaban J connectivity index is 2.34. The maximum Gasteiger partial charge on any atom is 0.134 e. The van der Waals surface area contributed by atoms with Crippen molar-refractivity contribution in [3.8, 4) is 0 Å². The minimum absolute atomic E-state index is 0.0184. The zero-order valence-corrected chi connectivity index (χ0v) is 11.2. The van der Waals surface area contributed by atoms with Crippen LogP contribution in [0.3, 0.4) is 0 Å². The average molecular weight is 253 g/mol. The van der Waals surface area contributed by atoms with Crippen LogP contribution in [0.5, 0.6) is 0 Å². The molecular weight excluding hydrogens is 230 g/mol. The van der Waals surface area contributed by atoms with Gasteiger partial charge in [0.15, 0.2) is 0 Å². The highest BCUT2D eigenvalue weighted by Crippen LogP contribution is 2.06. The zero-order chi connectivity index (χ0) is 13.2. The third-order valence-corrected chi connectivity index (χ3v) is 2.66. The molecule has 0 saturated carbocycles. The van der Waals surface area contributed by atoms with Gasteiger partial charge in [-0.15, -0.1) is 0 Å². The van der Waals surface area contributed by atoms with Crippen LogP contribution >= 0.6 is 0 Å². The Morgan fingerprint density at radius 3 is 2.56 bits per heavy atom. The molecule has 0 spiro atoms. The van der Waals surface area contributed by atoms with Crippen LogP contribution in [0.1, 0.15) is 12.5 Å². The van der Waals surface area contributed by atoms with Gasteiger partial charge in [-0.3, -0.25) is 4.90 Å². The molecule has 0 aliphatic heterocycles. The molecule has 0 radical (unpaired) electrons. The van der Waals surface area contributed by atoms with Gasteiger partial charge in [0.05, 0.1) is 19.8 Å². The molecule has 4 heteroatoms. The molecule has 4 nitrogen and oxygen atoms in total. The van der Waals surface area contributed by atoms with E-state index >= 15 is 0 Å². The highest BCUT2D eigenvalue weighted by atomic mass is 16.5. The Labute approximate surface area is 109 Å². The third kappa shape index (κ3) is 5.60. The SMILES string of the molecule is CCOCCOC(CO)N(C)Cc1ccccc1. The summed E-state index contributed by atoms with van der Waals surface area (Å²) in [5, 5.41) is 9.32. The summed E-state index contributed by atoms with van der Waals surface area (Å²) in [6, 6.07) is 10.1. The second kappa shape index (κ2) is 9.05. The Morgan fingerprint density at radius 1 is 1.22 bits per heavy atom. The molecule has 1 rings (SSSR count). The molecular formula is C14H23NO3. The second-order valence-electron chi connectivity index (χ2n) is 4.11. The van der Waals surface area contributed by atoms with Gasteiger partial charge >= 0.3 is 0 Å². The van der Waals surface area contributed by atoms with E-state index in [-0.39, 0.29) is 12.8 Å². The molecule has 102 valence electrons. The molecule has 1 atom stereocenters. The first kappa shape index (κ1) is 15.1. The Hall–Kier alpha value is -0.940. The highest BCUT2D eigenvalue weighted by molar-refractivity contribution is 5.14. The summed E-state index contributed by atoms with van der Waals surface area (Å²) in [6.45, 7) is 4.43. The standard InChI is InChI=1S/C14H23NO3/c1-3-17-9-10-18-14(12-16)15(2)11-13-7-5-4-6-8-13/h4-8,14,16H,3,9-12H2,1-2H3. The first-order valence-corrected chi connectivity index (χ1v) is 6.32. The fourth-order valence-corrected chi connectivity index (χ4v) is 1.68. The van der Waals surface area contributed by atoms with Crippen LogP contribution in [0, 0.1) is 0 Å². The quantitative estimate of drug-likeness (QED) is 0.535. The molecule has 1 unspecified atom stereocenters.